The van der Waals surface area contributed by atoms with Crippen LogP contribution in [0, 0.1) is 0 Å². The van der Waals surface area contributed by atoms with Crippen molar-refractivity contribution >= 4 is 29.1 Å². The molecule has 2 rings (SSSR count). The smallest absolute Gasteiger partial charge is 0.166 e. The molecule has 16 heavy (non-hydrogen) atoms. The first-order valence-electron chi connectivity index (χ1n) is 6.49. The maximum absolute atomic E-state index is 5.38. The van der Waals surface area contributed by atoms with E-state index in [2.05, 4.69) is 10.6 Å². The van der Waals surface area contributed by atoms with E-state index in [1.54, 1.807) is 0 Å². The quantitative estimate of drug-likeness (QED) is 0.744. The lowest BCUT2D eigenvalue weighted by molar-refractivity contribution is 0.410. The summed E-state index contributed by atoms with van der Waals surface area (Å²) >= 11 is 7.43. The Hall–Kier alpha value is 0.0400. The SMILES string of the molecule is S=C(NC1CCCCC1)NC1CCCSC1. The van der Waals surface area contributed by atoms with Gasteiger partial charge in [0.05, 0.1) is 0 Å². The van der Waals surface area contributed by atoms with Crippen LogP contribution in [0.2, 0.25) is 0 Å². The van der Waals surface area contributed by atoms with Crippen LogP contribution in [0.15, 0.2) is 0 Å². The molecule has 1 aliphatic carbocycles. The molecule has 0 radical (unpaired) electrons. The van der Waals surface area contributed by atoms with Gasteiger partial charge in [0.2, 0.25) is 0 Å². The van der Waals surface area contributed by atoms with Gasteiger partial charge in [-0.15, -0.1) is 0 Å². The molecule has 1 atom stereocenters. The third-order valence-corrected chi connectivity index (χ3v) is 4.89. The fraction of sp³-hybridized carbons (Fsp3) is 0.917. The highest BCUT2D eigenvalue weighted by Crippen LogP contribution is 2.18. The molecule has 0 amide bonds. The topological polar surface area (TPSA) is 24.1 Å². The van der Waals surface area contributed by atoms with Gasteiger partial charge < -0.3 is 10.6 Å². The van der Waals surface area contributed by atoms with Gasteiger partial charge in [-0.05, 0) is 43.7 Å². The van der Waals surface area contributed by atoms with Crippen LogP contribution in [-0.2, 0) is 0 Å². The maximum Gasteiger partial charge on any atom is 0.166 e. The third kappa shape index (κ3) is 4.13. The van der Waals surface area contributed by atoms with Gasteiger partial charge in [0.1, 0.15) is 0 Å². The predicted octanol–water partition coefficient (Wildman–Crippen LogP) is 2.68. The molecule has 0 bridgehead atoms. The Morgan fingerprint density at radius 2 is 1.62 bits per heavy atom. The second-order valence-corrected chi connectivity index (χ2v) is 6.42. The number of nitrogens with one attached hydrogen (secondary N) is 2. The minimum atomic E-state index is 0.599. The van der Waals surface area contributed by atoms with Crippen LogP contribution >= 0.6 is 24.0 Å². The molecule has 0 aromatic rings. The fourth-order valence-corrected chi connectivity index (χ4v) is 3.92. The summed E-state index contributed by atoms with van der Waals surface area (Å²) in [4.78, 5) is 0. The molecule has 1 saturated carbocycles. The Labute approximate surface area is 108 Å². The molecule has 2 nitrogen and oxygen atoms in total. The molecule has 1 saturated heterocycles. The van der Waals surface area contributed by atoms with Crippen molar-refractivity contribution in [2.45, 2.75) is 57.0 Å². The summed E-state index contributed by atoms with van der Waals surface area (Å²) in [6, 6.07) is 1.23. The fourth-order valence-electron chi connectivity index (χ4n) is 2.51. The van der Waals surface area contributed by atoms with Gasteiger partial charge in [0.15, 0.2) is 5.11 Å². The number of rotatable bonds is 2. The molecule has 1 unspecified atom stereocenters. The molecule has 1 aliphatic heterocycles. The number of thiocarbonyl (C=S) groups is 1. The minimum Gasteiger partial charge on any atom is -0.360 e. The van der Waals surface area contributed by atoms with Crippen LogP contribution in [0.3, 0.4) is 0 Å². The summed E-state index contributed by atoms with van der Waals surface area (Å²) in [6.07, 6.45) is 9.31. The van der Waals surface area contributed by atoms with Gasteiger partial charge in [-0.25, -0.2) is 0 Å². The van der Waals surface area contributed by atoms with E-state index in [0.29, 0.717) is 12.1 Å². The van der Waals surface area contributed by atoms with E-state index in [4.69, 9.17) is 12.2 Å². The Balaban J connectivity index is 1.66. The van der Waals surface area contributed by atoms with Crippen molar-refractivity contribution in [2.24, 2.45) is 0 Å². The van der Waals surface area contributed by atoms with Crippen LogP contribution in [-0.4, -0.2) is 28.7 Å². The van der Waals surface area contributed by atoms with Crippen LogP contribution in [0.5, 0.6) is 0 Å². The van der Waals surface area contributed by atoms with E-state index >= 15 is 0 Å². The van der Waals surface area contributed by atoms with Crippen LogP contribution in [0.25, 0.3) is 0 Å². The number of hydrogen-bond donors (Lipinski definition) is 2. The maximum atomic E-state index is 5.38. The molecule has 0 spiro atoms. The highest BCUT2D eigenvalue weighted by atomic mass is 32.2. The zero-order valence-electron chi connectivity index (χ0n) is 9.84. The zero-order valence-corrected chi connectivity index (χ0v) is 11.5. The second kappa shape index (κ2) is 6.70. The lowest BCUT2D eigenvalue weighted by Gasteiger charge is -2.28. The first kappa shape index (κ1) is 12.5. The second-order valence-electron chi connectivity index (χ2n) is 4.87. The standard InChI is InChI=1S/C12H22N2S2/c15-12(13-10-5-2-1-3-6-10)14-11-7-4-8-16-9-11/h10-11H,1-9H2,(H2,13,14,15). The van der Waals surface area contributed by atoms with Gasteiger partial charge in [0, 0.05) is 17.8 Å². The summed E-state index contributed by atoms with van der Waals surface area (Å²) in [5.41, 5.74) is 0. The molecule has 4 heteroatoms. The van der Waals surface area contributed by atoms with E-state index in [1.807, 2.05) is 11.8 Å². The summed E-state index contributed by atoms with van der Waals surface area (Å²) in [6.45, 7) is 0. The van der Waals surface area contributed by atoms with Gasteiger partial charge in [-0.1, -0.05) is 19.3 Å². The van der Waals surface area contributed by atoms with Crippen molar-refractivity contribution in [3.63, 3.8) is 0 Å². The first-order chi connectivity index (χ1) is 7.84. The van der Waals surface area contributed by atoms with E-state index in [1.165, 1.54) is 56.5 Å². The average Bonchev–Trinajstić information content (AvgIpc) is 2.31. The number of hydrogen-bond acceptors (Lipinski definition) is 2. The van der Waals surface area contributed by atoms with Crippen molar-refractivity contribution < 1.29 is 0 Å². The Morgan fingerprint density at radius 3 is 2.31 bits per heavy atom. The molecule has 2 N–H and O–H groups in total. The molecule has 0 aromatic carbocycles. The van der Waals surface area contributed by atoms with E-state index in [-0.39, 0.29) is 0 Å². The largest absolute Gasteiger partial charge is 0.360 e. The van der Waals surface area contributed by atoms with Crippen LogP contribution in [0.4, 0.5) is 0 Å². The molecule has 0 aromatic heterocycles. The van der Waals surface area contributed by atoms with Crippen molar-refractivity contribution in [3.8, 4) is 0 Å². The lowest BCUT2D eigenvalue weighted by atomic mass is 9.96. The Morgan fingerprint density at radius 1 is 0.938 bits per heavy atom. The van der Waals surface area contributed by atoms with Gasteiger partial charge in [-0.3, -0.25) is 0 Å². The predicted molar refractivity (Wildman–Crippen MR) is 76.1 cm³/mol. The summed E-state index contributed by atoms with van der Waals surface area (Å²) in [7, 11) is 0. The minimum absolute atomic E-state index is 0.599. The van der Waals surface area contributed by atoms with Crippen LogP contribution < -0.4 is 10.6 Å². The van der Waals surface area contributed by atoms with E-state index in [0.717, 1.165) is 5.11 Å². The van der Waals surface area contributed by atoms with Crippen LogP contribution in [0.1, 0.15) is 44.9 Å². The van der Waals surface area contributed by atoms with E-state index < -0.39 is 0 Å². The monoisotopic (exact) mass is 258 g/mol. The molecule has 2 fully saturated rings. The van der Waals surface area contributed by atoms with E-state index in [9.17, 15) is 0 Å². The first-order valence-corrected chi connectivity index (χ1v) is 8.05. The van der Waals surface area contributed by atoms with Gasteiger partial charge in [0.25, 0.3) is 0 Å². The summed E-state index contributed by atoms with van der Waals surface area (Å²) in [5.74, 6) is 2.54. The molecular formula is C12H22N2S2. The zero-order chi connectivity index (χ0) is 11.2. The highest BCUT2D eigenvalue weighted by Gasteiger charge is 2.17. The molecule has 1 heterocycles. The van der Waals surface area contributed by atoms with Gasteiger partial charge in [-0.2, -0.15) is 11.8 Å². The van der Waals surface area contributed by atoms with Crippen molar-refractivity contribution in [2.75, 3.05) is 11.5 Å². The van der Waals surface area contributed by atoms with Crippen molar-refractivity contribution in [3.05, 3.63) is 0 Å². The average molecular weight is 258 g/mol. The number of thioether (sulfide) groups is 1. The molecule has 92 valence electrons. The lowest BCUT2D eigenvalue weighted by Crippen LogP contribution is -2.48. The summed E-state index contributed by atoms with van der Waals surface area (Å²) < 4.78 is 0. The summed E-state index contributed by atoms with van der Waals surface area (Å²) in [5, 5.41) is 7.83. The molecule has 2 aliphatic rings. The Bertz CT molecular complexity index is 199. The molecular weight excluding hydrogens is 236 g/mol. The van der Waals surface area contributed by atoms with Gasteiger partial charge >= 0.3 is 0 Å². The Kier molecular flexibility index (Phi) is 5.23. The normalized spacial score (nSPS) is 27.4. The third-order valence-electron chi connectivity index (χ3n) is 3.44. The highest BCUT2D eigenvalue weighted by molar-refractivity contribution is 7.99. The van der Waals surface area contributed by atoms with Crippen molar-refractivity contribution in [1.29, 1.82) is 0 Å². The van der Waals surface area contributed by atoms with Crippen molar-refractivity contribution in [1.82, 2.24) is 10.6 Å².